The number of ether oxygens (including phenoxy) is 1. The fourth-order valence-electron chi connectivity index (χ4n) is 1.83. The molecular weight excluding hydrogens is 226 g/mol. The zero-order chi connectivity index (χ0) is 13.0. The number of rotatable bonds is 4. The number of aliphatic hydroxyl groups excluding tert-OH is 1. The molecule has 2 aromatic rings. The van der Waals surface area contributed by atoms with E-state index in [1.165, 1.54) is 0 Å². The highest BCUT2D eigenvalue weighted by molar-refractivity contribution is 5.65. The maximum atomic E-state index is 9.00. The van der Waals surface area contributed by atoms with Gasteiger partial charge in [0.25, 0.3) is 0 Å². The molecule has 0 unspecified atom stereocenters. The Hall–Kier alpha value is -1.84. The molecule has 0 spiro atoms. The lowest BCUT2D eigenvalue weighted by Gasteiger charge is -2.10. The van der Waals surface area contributed by atoms with Crippen molar-refractivity contribution < 1.29 is 9.84 Å². The number of hydrogen-bond acceptors (Lipinski definition) is 3. The summed E-state index contributed by atoms with van der Waals surface area (Å²) in [5, 5.41) is 9.00. The summed E-state index contributed by atoms with van der Waals surface area (Å²) in [6.45, 7) is -0.0431. The van der Waals surface area contributed by atoms with E-state index >= 15 is 0 Å². The van der Waals surface area contributed by atoms with E-state index in [1.54, 1.807) is 7.11 Å². The van der Waals surface area contributed by atoms with Crippen molar-refractivity contribution in [3.63, 3.8) is 0 Å². The Kier molecular flexibility index (Phi) is 3.97. The van der Waals surface area contributed by atoms with E-state index in [2.05, 4.69) is 0 Å². The Labute approximate surface area is 107 Å². The van der Waals surface area contributed by atoms with Crippen LogP contribution in [0, 0.1) is 0 Å². The third-order valence-electron chi connectivity index (χ3n) is 2.94. The first kappa shape index (κ1) is 12.6. The molecule has 1 atom stereocenters. The van der Waals surface area contributed by atoms with Crippen LogP contribution in [0.4, 0.5) is 0 Å². The Bertz CT molecular complexity index is 508. The van der Waals surface area contributed by atoms with Gasteiger partial charge in [-0.05, 0) is 28.8 Å². The predicted octanol–water partition coefficient (Wildman–Crippen LogP) is 2.35. The largest absolute Gasteiger partial charge is 0.497 e. The number of nitrogens with two attached hydrogens (primary N) is 1. The molecule has 0 aliphatic rings. The van der Waals surface area contributed by atoms with E-state index < -0.39 is 0 Å². The van der Waals surface area contributed by atoms with E-state index in [0.29, 0.717) is 0 Å². The van der Waals surface area contributed by atoms with Crippen LogP contribution < -0.4 is 10.5 Å². The smallest absolute Gasteiger partial charge is 0.119 e. The van der Waals surface area contributed by atoms with Crippen LogP contribution in [0.2, 0.25) is 0 Å². The van der Waals surface area contributed by atoms with E-state index in [0.717, 1.165) is 22.4 Å². The normalized spacial score (nSPS) is 12.2. The molecule has 94 valence electrons. The molecule has 0 aliphatic heterocycles. The van der Waals surface area contributed by atoms with Crippen molar-refractivity contribution in [1.82, 2.24) is 0 Å². The molecule has 18 heavy (non-hydrogen) atoms. The fourth-order valence-corrected chi connectivity index (χ4v) is 1.83. The first-order valence-corrected chi connectivity index (χ1v) is 5.85. The van der Waals surface area contributed by atoms with Gasteiger partial charge in [0.2, 0.25) is 0 Å². The second-order valence-corrected chi connectivity index (χ2v) is 4.14. The van der Waals surface area contributed by atoms with Gasteiger partial charge < -0.3 is 15.6 Å². The minimum atomic E-state index is -0.315. The Morgan fingerprint density at radius 2 is 1.83 bits per heavy atom. The van der Waals surface area contributed by atoms with Gasteiger partial charge >= 0.3 is 0 Å². The molecular formula is C15H17NO2. The van der Waals surface area contributed by atoms with Gasteiger partial charge in [-0.1, -0.05) is 36.4 Å². The third-order valence-corrected chi connectivity index (χ3v) is 2.94. The summed E-state index contributed by atoms with van der Waals surface area (Å²) >= 11 is 0. The molecule has 2 rings (SSSR count). The second-order valence-electron chi connectivity index (χ2n) is 4.14. The Balaban J connectivity index is 2.28. The number of methoxy groups -OCH3 is 1. The summed E-state index contributed by atoms with van der Waals surface area (Å²) in [4.78, 5) is 0. The van der Waals surface area contributed by atoms with Crippen LogP contribution in [0.1, 0.15) is 11.6 Å². The lowest BCUT2D eigenvalue weighted by Crippen LogP contribution is -2.14. The van der Waals surface area contributed by atoms with Crippen LogP contribution in [0.25, 0.3) is 11.1 Å². The summed E-state index contributed by atoms with van der Waals surface area (Å²) < 4.78 is 5.20. The zero-order valence-electron chi connectivity index (χ0n) is 10.3. The van der Waals surface area contributed by atoms with Crippen LogP contribution in [-0.2, 0) is 0 Å². The predicted molar refractivity (Wildman–Crippen MR) is 72.4 cm³/mol. The van der Waals surface area contributed by atoms with Crippen molar-refractivity contribution in [2.75, 3.05) is 13.7 Å². The van der Waals surface area contributed by atoms with Crippen LogP contribution in [-0.4, -0.2) is 18.8 Å². The van der Waals surface area contributed by atoms with Gasteiger partial charge in [-0.2, -0.15) is 0 Å². The molecule has 0 amide bonds. The van der Waals surface area contributed by atoms with Crippen molar-refractivity contribution in [3.8, 4) is 16.9 Å². The molecule has 0 aromatic heterocycles. The topological polar surface area (TPSA) is 55.5 Å². The van der Waals surface area contributed by atoms with Gasteiger partial charge in [-0.25, -0.2) is 0 Å². The molecule has 3 heteroatoms. The lowest BCUT2D eigenvalue weighted by molar-refractivity contribution is 0.268. The molecule has 0 saturated carbocycles. The maximum absolute atomic E-state index is 9.00. The van der Waals surface area contributed by atoms with Crippen molar-refractivity contribution in [3.05, 3.63) is 54.1 Å². The van der Waals surface area contributed by atoms with E-state index in [4.69, 9.17) is 15.6 Å². The van der Waals surface area contributed by atoms with Gasteiger partial charge in [0.05, 0.1) is 19.8 Å². The Morgan fingerprint density at radius 3 is 2.44 bits per heavy atom. The van der Waals surface area contributed by atoms with Crippen LogP contribution in [0.3, 0.4) is 0 Å². The molecule has 0 aliphatic carbocycles. The number of benzene rings is 2. The average molecular weight is 243 g/mol. The SMILES string of the molecule is COc1cccc(-c2ccc([C@@H](N)CO)cc2)c1. The monoisotopic (exact) mass is 243 g/mol. The molecule has 2 aromatic carbocycles. The lowest BCUT2D eigenvalue weighted by atomic mass is 10.0. The standard InChI is InChI=1S/C15H17NO2/c1-18-14-4-2-3-13(9-14)11-5-7-12(8-6-11)15(16)10-17/h2-9,15,17H,10,16H2,1H3/t15-/m0/s1. The second kappa shape index (κ2) is 5.67. The molecule has 0 fully saturated rings. The van der Waals surface area contributed by atoms with Gasteiger partial charge in [0.15, 0.2) is 0 Å². The van der Waals surface area contributed by atoms with Crippen molar-refractivity contribution in [1.29, 1.82) is 0 Å². The highest BCUT2D eigenvalue weighted by Crippen LogP contribution is 2.24. The molecule has 3 N–H and O–H groups in total. The van der Waals surface area contributed by atoms with E-state index in [1.807, 2.05) is 48.5 Å². The minimum Gasteiger partial charge on any atom is -0.497 e. The van der Waals surface area contributed by atoms with Crippen LogP contribution in [0.15, 0.2) is 48.5 Å². The number of aliphatic hydroxyl groups is 1. The first-order chi connectivity index (χ1) is 8.74. The molecule has 0 bridgehead atoms. The van der Waals surface area contributed by atoms with Crippen LogP contribution >= 0.6 is 0 Å². The summed E-state index contributed by atoms with van der Waals surface area (Å²) in [5.74, 6) is 0.837. The summed E-state index contributed by atoms with van der Waals surface area (Å²) in [5.41, 5.74) is 8.89. The van der Waals surface area contributed by atoms with Crippen molar-refractivity contribution in [2.45, 2.75) is 6.04 Å². The molecule has 3 nitrogen and oxygen atoms in total. The van der Waals surface area contributed by atoms with Crippen LogP contribution in [0.5, 0.6) is 5.75 Å². The van der Waals surface area contributed by atoms with Gasteiger partial charge in [-0.15, -0.1) is 0 Å². The average Bonchev–Trinajstić information content (AvgIpc) is 2.46. The number of hydrogen-bond donors (Lipinski definition) is 2. The summed E-state index contributed by atoms with van der Waals surface area (Å²) in [6, 6.07) is 15.5. The quantitative estimate of drug-likeness (QED) is 0.866. The van der Waals surface area contributed by atoms with Crippen molar-refractivity contribution >= 4 is 0 Å². The van der Waals surface area contributed by atoms with Gasteiger partial charge in [0.1, 0.15) is 5.75 Å². The summed E-state index contributed by atoms with van der Waals surface area (Å²) in [6.07, 6.45) is 0. The summed E-state index contributed by atoms with van der Waals surface area (Å²) in [7, 11) is 1.66. The zero-order valence-corrected chi connectivity index (χ0v) is 10.3. The van der Waals surface area contributed by atoms with Gasteiger partial charge in [0, 0.05) is 0 Å². The van der Waals surface area contributed by atoms with Gasteiger partial charge in [-0.3, -0.25) is 0 Å². The van der Waals surface area contributed by atoms with E-state index in [-0.39, 0.29) is 12.6 Å². The molecule has 0 radical (unpaired) electrons. The van der Waals surface area contributed by atoms with E-state index in [9.17, 15) is 0 Å². The Morgan fingerprint density at radius 1 is 1.11 bits per heavy atom. The van der Waals surface area contributed by atoms with Crippen molar-refractivity contribution in [2.24, 2.45) is 5.73 Å². The first-order valence-electron chi connectivity index (χ1n) is 5.85. The molecule has 0 saturated heterocycles. The third kappa shape index (κ3) is 2.70. The highest BCUT2D eigenvalue weighted by Gasteiger charge is 2.05. The maximum Gasteiger partial charge on any atom is 0.119 e. The fraction of sp³-hybridized carbons (Fsp3) is 0.200. The minimum absolute atomic E-state index is 0.0431. The molecule has 0 heterocycles. The highest BCUT2D eigenvalue weighted by atomic mass is 16.5.